The van der Waals surface area contributed by atoms with Crippen LogP contribution in [0.5, 0.6) is 0 Å². The molecular weight excluding hydrogens is 324 g/mol. The lowest BCUT2D eigenvalue weighted by atomic mass is 9.90. The molecule has 1 aromatic carbocycles. The van der Waals surface area contributed by atoms with Crippen molar-refractivity contribution in [3.8, 4) is 0 Å². The molecule has 1 aliphatic heterocycles. The molecule has 1 saturated heterocycles. The first-order chi connectivity index (χ1) is 11.3. The SMILES string of the molecule is CC(C)N(CC(=O)N1CCC(Cc2ccccc2)CC1)S(C)(=O)=O. The summed E-state index contributed by atoms with van der Waals surface area (Å²) in [5.41, 5.74) is 1.34. The average Bonchev–Trinajstić information content (AvgIpc) is 2.52. The van der Waals surface area contributed by atoms with Crippen LogP contribution in [0, 0.1) is 5.92 Å². The number of hydrogen-bond donors (Lipinski definition) is 0. The predicted molar refractivity (Wildman–Crippen MR) is 96.1 cm³/mol. The van der Waals surface area contributed by atoms with Gasteiger partial charge in [0, 0.05) is 19.1 Å². The third-order valence-electron chi connectivity index (χ3n) is 4.63. The highest BCUT2D eigenvalue weighted by Gasteiger charge is 2.28. The number of carbonyl (C=O) groups is 1. The lowest BCUT2D eigenvalue weighted by Crippen LogP contribution is -2.47. The molecule has 0 saturated carbocycles. The van der Waals surface area contributed by atoms with Crippen molar-refractivity contribution in [3.63, 3.8) is 0 Å². The van der Waals surface area contributed by atoms with Crippen LogP contribution in [0.2, 0.25) is 0 Å². The van der Waals surface area contributed by atoms with Crippen LogP contribution in [-0.4, -0.2) is 55.5 Å². The molecule has 24 heavy (non-hydrogen) atoms. The topological polar surface area (TPSA) is 57.7 Å². The van der Waals surface area contributed by atoms with Crippen LogP contribution >= 0.6 is 0 Å². The highest BCUT2D eigenvalue weighted by molar-refractivity contribution is 7.88. The van der Waals surface area contributed by atoms with Gasteiger partial charge >= 0.3 is 0 Å². The standard InChI is InChI=1S/C18H28N2O3S/c1-15(2)20(24(3,22)23)14-18(21)19-11-9-17(10-12-19)13-16-7-5-4-6-8-16/h4-8,15,17H,9-14H2,1-3H3. The maximum atomic E-state index is 12.4. The van der Waals surface area contributed by atoms with E-state index in [-0.39, 0.29) is 18.5 Å². The Kier molecular flexibility index (Phi) is 6.40. The molecule has 0 aromatic heterocycles. The fraction of sp³-hybridized carbons (Fsp3) is 0.611. The van der Waals surface area contributed by atoms with E-state index in [9.17, 15) is 13.2 Å². The summed E-state index contributed by atoms with van der Waals surface area (Å²) in [4.78, 5) is 14.3. The first-order valence-electron chi connectivity index (χ1n) is 8.56. The molecule has 0 spiro atoms. The summed E-state index contributed by atoms with van der Waals surface area (Å²) >= 11 is 0. The summed E-state index contributed by atoms with van der Waals surface area (Å²) in [5, 5.41) is 0. The molecule has 0 N–H and O–H groups in total. The van der Waals surface area contributed by atoms with E-state index in [1.807, 2.05) is 11.0 Å². The third kappa shape index (κ3) is 5.31. The Balaban J connectivity index is 1.86. The van der Waals surface area contributed by atoms with Gasteiger partial charge in [-0.3, -0.25) is 4.79 Å². The Bertz CT molecular complexity index is 635. The molecule has 1 fully saturated rings. The predicted octanol–water partition coefficient (Wildman–Crippen LogP) is 2.14. The minimum absolute atomic E-state index is 0.0557. The highest BCUT2D eigenvalue weighted by atomic mass is 32.2. The van der Waals surface area contributed by atoms with E-state index in [4.69, 9.17) is 0 Å². The van der Waals surface area contributed by atoms with Crippen molar-refractivity contribution in [3.05, 3.63) is 35.9 Å². The Hall–Kier alpha value is -1.40. The first kappa shape index (κ1) is 18.9. The lowest BCUT2D eigenvalue weighted by Gasteiger charge is -2.34. The van der Waals surface area contributed by atoms with Crippen molar-refractivity contribution >= 4 is 15.9 Å². The van der Waals surface area contributed by atoms with Crippen molar-refractivity contribution < 1.29 is 13.2 Å². The van der Waals surface area contributed by atoms with Crippen LogP contribution < -0.4 is 0 Å². The molecule has 0 aliphatic carbocycles. The van der Waals surface area contributed by atoms with Gasteiger partial charge in [-0.2, -0.15) is 4.31 Å². The number of rotatable bonds is 6. The zero-order chi connectivity index (χ0) is 17.7. The van der Waals surface area contributed by atoms with Crippen molar-refractivity contribution in [2.24, 2.45) is 5.92 Å². The highest BCUT2D eigenvalue weighted by Crippen LogP contribution is 2.22. The number of carbonyl (C=O) groups excluding carboxylic acids is 1. The van der Waals surface area contributed by atoms with Gasteiger partial charge in [-0.15, -0.1) is 0 Å². The number of sulfonamides is 1. The average molecular weight is 353 g/mol. The van der Waals surface area contributed by atoms with Gasteiger partial charge in [-0.05, 0) is 44.6 Å². The number of piperidine rings is 1. The smallest absolute Gasteiger partial charge is 0.237 e. The first-order valence-corrected chi connectivity index (χ1v) is 10.4. The van der Waals surface area contributed by atoms with Gasteiger partial charge in [0.05, 0.1) is 12.8 Å². The van der Waals surface area contributed by atoms with E-state index in [0.29, 0.717) is 19.0 Å². The van der Waals surface area contributed by atoms with Gasteiger partial charge in [-0.1, -0.05) is 30.3 Å². The summed E-state index contributed by atoms with van der Waals surface area (Å²) in [6, 6.07) is 10.2. The zero-order valence-electron chi connectivity index (χ0n) is 14.8. The number of likely N-dealkylation sites (tertiary alicyclic amines) is 1. The largest absolute Gasteiger partial charge is 0.342 e. The van der Waals surface area contributed by atoms with Gasteiger partial charge in [0.1, 0.15) is 0 Å². The second kappa shape index (κ2) is 8.12. The number of hydrogen-bond acceptors (Lipinski definition) is 3. The van der Waals surface area contributed by atoms with Gasteiger partial charge < -0.3 is 4.90 Å². The maximum Gasteiger partial charge on any atom is 0.237 e. The molecule has 134 valence electrons. The van der Waals surface area contributed by atoms with Crippen LogP contribution in [0.25, 0.3) is 0 Å². The van der Waals surface area contributed by atoms with E-state index < -0.39 is 10.0 Å². The van der Waals surface area contributed by atoms with E-state index in [1.54, 1.807) is 13.8 Å². The quantitative estimate of drug-likeness (QED) is 0.788. The lowest BCUT2D eigenvalue weighted by molar-refractivity contribution is -0.133. The van der Waals surface area contributed by atoms with Gasteiger partial charge in [0.15, 0.2) is 0 Å². The van der Waals surface area contributed by atoms with Crippen LogP contribution in [0.4, 0.5) is 0 Å². The Morgan fingerprint density at radius 1 is 1.21 bits per heavy atom. The van der Waals surface area contributed by atoms with E-state index in [1.165, 1.54) is 9.87 Å². The summed E-state index contributed by atoms with van der Waals surface area (Å²) in [7, 11) is -3.36. The molecule has 1 heterocycles. The Labute approximate surface area is 145 Å². The van der Waals surface area contributed by atoms with Gasteiger partial charge in [-0.25, -0.2) is 8.42 Å². The van der Waals surface area contributed by atoms with Gasteiger partial charge in [0.25, 0.3) is 0 Å². The van der Waals surface area contributed by atoms with Crippen molar-refractivity contribution in [2.75, 3.05) is 25.9 Å². The van der Waals surface area contributed by atoms with Crippen LogP contribution in [0.15, 0.2) is 30.3 Å². The maximum absolute atomic E-state index is 12.4. The minimum atomic E-state index is -3.36. The molecule has 2 rings (SSSR count). The molecule has 0 atom stereocenters. The molecule has 6 heteroatoms. The van der Waals surface area contributed by atoms with Gasteiger partial charge in [0.2, 0.25) is 15.9 Å². The summed E-state index contributed by atoms with van der Waals surface area (Å²) < 4.78 is 24.9. The number of amides is 1. The third-order valence-corrected chi connectivity index (χ3v) is 6.03. The normalized spacial score (nSPS) is 16.8. The van der Waals surface area contributed by atoms with Crippen molar-refractivity contribution in [1.29, 1.82) is 0 Å². The Morgan fingerprint density at radius 3 is 2.29 bits per heavy atom. The van der Waals surface area contributed by atoms with Crippen LogP contribution in [0.1, 0.15) is 32.3 Å². The molecule has 0 unspecified atom stereocenters. The summed E-state index contributed by atoms with van der Waals surface area (Å²) in [5.74, 6) is 0.500. The Morgan fingerprint density at radius 2 is 1.79 bits per heavy atom. The van der Waals surface area contributed by atoms with E-state index in [2.05, 4.69) is 24.3 Å². The molecule has 1 aromatic rings. The fourth-order valence-corrected chi connectivity index (χ4v) is 4.36. The molecule has 5 nitrogen and oxygen atoms in total. The monoisotopic (exact) mass is 352 g/mol. The zero-order valence-corrected chi connectivity index (χ0v) is 15.6. The number of nitrogens with zero attached hydrogens (tertiary/aromatic N) is 2. The fourth-order valence-electron chi connectivity index (χ4n) is 3.25. The molecule has 1 amide bonds. The second-order valence-corrected chi connectivity index (χ2v) is 8.85. The minimum Gasteiger partial charge on any atom is -0.342 e. The van der Waals surface area contributed by atoms with E-state index in [0.717, 1.165) is 25.5 Å². The molecule has 0 radical (unpaired) electrons. The van der Waals surface area contributed by atoms with Crippen LogP contribution in [-0.2, 0) is 21.2 Å². The van der Waals surface area contributed by atoms with Crippen molar-refractivity contribution in [2.45, 2.75) is 39.2 Å². The summed E-state index contributed by atoms with van der Waals surface area (Å²) in [6.07, 6.45) is 4.15. The number of benzene rings is 1. The summed E-state index contributed by atoms with van der Waals surface area (Å²) in [6.45, 7) is 4.96. The van der Waals surface area contributed by atoms with E-state index >= 15 is 0 Å². The molecular formula is C18H28N2O3S. The second-order valence-electron chi connectivity index (χ2n) is 6.92. The van der Waals surface area contributed by atoms with Crippen LogP contribution in [0.3, 0.4) is 0 Å². The molecule has 1 aliphatic rings. The molecule has 0 bridgehead atoms. The van der Waals surface area contributed by atoms with Crippen molar-refractivity contribution in [1.82, 2.24) is 9.21 Å².